The molecule has 4 heteroatoms. The number of rotatable bonds is 1. The van der Waals surface area contributed by atoms with E-state index in [1.807, 2.05) is 0 Å². The second-order valence-electron chi connectivity index (χ2n) is 2.60. The highest BCUT2D eigenvalue weighted by Gasteiger charge is 2.02. The number of nitrogens with two attached hydrogens (primary N) is 1. The maximum Gasteiger partial charge on any atom is 0.267 e. The van der Waals surface area contributed by atoms with Gasteiger partial charge in [0.1, 0.15) is 5.69 Å². The zero-order valence-corrected chi connectivity index (χ0v) is 6.77. The Kier molecular flexibility index (Phi) is 1.66. The number of fused-ring (bicyclic) bond motifs is 1. The number of hydrogen-bond acceptors (Lipinski definition) is 3. The number of amides is 1. The largest absolute Gasteiger partial charge is 0.364 e. The van der Waals surface area contributed by atoms with Crippen LogP contribution in [0.15, 0.2) is 30.5 Å². The molecule has 0 aromatic carbocycles. The maximum absolute atomic E-state index is 10.8. The molecule has 0 atom stereocenters. The minimum Gasteiger partial charge on any atom is -0.364 e. The van der Waals surface area contributed by atoms with Gasteiger partial charge in [-0.1, -0.05) is 0 Å². The van der Waals surface area contributed by atoms with Crippen LogP contribution in [-0.4, -0.2) is 15.9 Å². The molecule has 64 valence electrons. The Morgan fingerprint density at radius 3 is 2.85 bits per heavy atom. The number of hydrogen-bond donors (Lipinski definition) is 1. The van der Waals surface area contributed by atoms with Crippen molar-refractivity contribution in [2.24, 2.45) is 5.73 Å². The van der Waals surface area contributed by atoms with Gasteiger partial charge in [0.25, 0.3) is 5.91 Å². The van der Waals surface area contributed by atoms with Gasteiger partial charge in [-0.25, -0.2) is 4.98 Å². The number of nitrogens with zero attached hydrogens (tertiary/aromatic N) is 2. The molecule has 0 fully saturated rings. The molecule has 0 saturated heterocycles. The SMILES string of the molecule is NC(=O)c1ccc2ncccc2n1. The Labute approximate surface area is 74.4 Å². The van der Waals surface area contributed by atoms with E-state index in [0.717, 1.165) is 5.52 Å². The van der Waals surface area contributed by atoms with Gasteiger partial charge in [-0.15, -0.1) is 0 Å². The summed E-state index contributed by atoms with van der Waals surface area (Å²) >= 11 is 0. The summed E-state index contributed by atoms with van der Waals surface area (Å²) in [4.78, 5) is 18.9. The van der Waals surface area contributed by atoms with Gasteiger partial charge in [-0.2, -0.15) is 0 Å². The third kappa shape index (κ3) is 1.33. The summed E-state index contributed by atoms with van der Waals surface area (Å²) in [7, 11) is 0. The van der Waals surface area contributed by atoms with E-state index in [-0.39, 0.29) is 5.69 Å². The van der Waals surface area contributed by atoms with E-state index < -0.39 is 5.91 Å². The highest BCUT2D eigenvalue weighted by atomic mass is 16.1. The Balaban J connectivity index is 2.69. The van der Waals surface area contributed by atoms with Crippen LogP contribution in [0, 0.1) is 0 Å². The van der Waals surface area contributed by atoms with Gasteiger partial charge < -0.3 is 5.73 Å². The molecule has 0 aliphatic carbocycles. The summed E-state index contributed by atoms with van der Waals surface area (Å²) < 4.78 is 0. The van der Waals surface area contributed by atoms with Crippen molar-refractivity contribution in [3.63, 3.8) is 0 Å². The Morgan fingerprint density at radius 2 is 2.08 bits per heavy atom. The molecule has 0 saturated carbocycles. The number of aromatic nitrogens is 2. The summed E-state index contributed by atoms with van der Waals surface area (Å²) in [5.74, 6) is -0.522. The van der Waals surface area contributed by atoms with Crippen LogP contribution in [0.3, 0.4) is 0 Å². The van der Waals surface area contributed by atoms with E-state index >= 15 is 0 Å². The Hall–Kier alpha value is -1.97. The number of carbonyl (C=O) groups is 1. The van der Waals surface area contributed by atoms with Crippen molar-refractivity contribution in [1.29, 1.82) is 0 Å². The fourth-order valence-corrected chi connectivity index (χ4v) is 1.09. The van der Waals surface area contributed by atoms with Gasteiger partial charge in [0.15, 0.2) is 0 Å². The van der Waals surface area contributed by atoms with Crippen LogP contribution in [-0.2, 0) is 0 Å². The molecule has 2 heterocycles. The van der Waals surface area contributed by atoms with Crippen LogP contribution in [0.1, 0.15) is 10.5 Å². The first-order valence-corrected chi connectivity index (χ1v) is 3.79. The van der Waals surface area contributed by atoms with Crippen LogP contribution < -0.4 is 5.73 Å². The average Bonchev–Trinajstić information content (AvgIpc) is 2.17. The molecular formula is C9H7N3O. The monoisotopic (exact) mass is 173 g/mol. The standard InChI is InChI=1S/C9H7N3O/c10-9(13)8-4-3-6-7(12-8)2-1-5-11-6/h1-5H,(H2,10,13). The van der Waals surface area contributed by atoms with Crippen molar-refractivity contribution in [1.82, 2.24) is 9.97 Å². The van der Waals surface area contributed by atoms with Crippen LogP contribution in [0.5, 0.6) is 0 Å². The summed E-state index contributed by atoms with van der Waals surface area (Å²) in [6.07, 6.45) is 1.67. The number of carbonyl (C=O) groups excluding carboxylic acids is 1. The van der Waals surface area contributed by atoms with E-state index in [0.29, 0.717) is 5.52 Å². The van der Waals surface area contributed by atoms with E-state index in [2.05, 4.69) is 9.97 Å². The number of pyridine rings is 2. The van der Waals surface area contributed by atoms with Crippen molar-refractivity contribution in [2.75, 3.05) is 0 Å². The molecule has 0 radical (unpaired) electrons. The van der Waals surface area contributed by atoms with E-state index in [1.54, 1.807) is 30.5 Å². The molecular weight excluding hydrogens is 166 g/mol. The molecule has 2 rings (SSSR count). The Bertz CT molecular complexity index is 467. The fourth-order valence-electron chi connectivity index (χ4n) is 1.09. The van der Waals surface area contributed by atoms with Crippen LogP contribution in [0.25, 0.3) is 11.0 Å². The quantitative estimate of drug-likeness (QED) is 0.691. The van der Waals surface area contributed by atoms with Crippen molar-refractivity contribution < 1.29 is 4.79 Å². The topological polar surface area (TPSA) is 68.9 Å². The Morgan fingerprint density at radius 1 is 1.23 bits per heavy atom. The predicted molar refractivity (Wildman–Crippen MR) is 48.1 cm³/mol. The molecule has 2 N–H and O–H groups in total. The van der Waals surface area contributed by atoms with Crippen molar-refractivity contribution in [3.8, 4) is 0 Å². The number of primary amides is 1. The molecule has 1 amide bonds. The molecule has 2 aromatic rings. The summed E-state index contributed by atoms with van der Waals surface area (Å²) in [6.45, 7) is 0. The predicted octanol–water partition coefficient (Wildman–Crippen LogP) is 0.729. The van der Waals surface area contributed by atoms with Crippen molar-refractivity contribution >= 4 is 16.9 Å². The lowest BCUT2D eigenvalue weighted by Crippen LogP contribution is -2.12. The van der Waals surface area contributed by atoms with Crippen molar-refractivity contribution in [2.45, 2.75) is 0 Å². The average molecular weight is 173 g/mol. The zero-order valence-electron chi connectivity index (χ0n) is 6.77. The minimum absolute atomic E-state index is 0.264. The lowest BCUT2D eigenvalue weighted by atomic mass is 10.3. The first kappa shape index (κ1) is 7.67. The highest BCUT2D eigenvalue weighted by molar-refractivity contribution is 5.92. The third-order valence-corrected chi connectivity index (χ3v) is 1.71. The first-order chi connectivity index (χ1) is 6.27. The lowest BCUT2D eigenvalue weighted by molar-refractivity contribution is 0.0996. The summed E-state index contributed by atoms with van der Waals surface area (Å²) in [5.41, 5.74) is 6.78. The maximum atomic E-state index is 10.8. The summed E-state index contributed by atoms with van der Waals surface area (Å²) in [5, 5.41) is 0. The highest BCUT2D eigenvalue weighted by Crippen LogP contribution is 2.08. The minimum atomic E-state index is -0.522. The van der Waals surface area contributed by atoms with E-state index in [9.17, 15) is 4.79 Å². The molecule has 0 unspecified atom stereocenters. The normalized spacial score (nSPS) is 10.2. The third-order valence-electron chi connectivity index (χ3n) is 1.71. The van der Waals surface area contributed by atoms with Gasteiger partial charge in [0.2, 0.25) is 0 Å². The smallest absolute Gasteiger partial charge is 0.267 e. The van der Waals surface area contributed by atoms with Gasteiger partial charge >= 0.3 is 0 Å². The van der Waals surface area contributed by atoms with Crippen LogP contribution >= 0.6 is 0 Å². The van der Waals surface area contributed by atoms with Crippen LogP contribution in [0.2, 0.25) is 0 Å². The van der Waals surface area contributed by atoms with E-state index in [1.165, 1.54) is 0 Å². The summed E-state index contributed by atoms with van der Waals surface area (Å²) in [6, 6.07) is 6.84. The molecule has 13 heavy (non-hydrogen) atoms. The van der Waals surface area contributed by atoms with Gasteiger partial charge in [-0.3, -0.25) is 9.78 Å². The molecule has 0 aliphatic rings. The van der Waals surface area contributed by atoms with Gasteiger partial charge in [-0.05, 0) is 24.3 Å². The van der Waals surface area contributed by atoms with Gasteiger partial charge in [0, 0.05) is 6.20 Å². The van der Waals surface area contributed by atoms with Crippen molar-refractivity contribution in [3.05, 3.63) is 36.2 Å². The van der Waals surface area contributed by atoms with Crippen LogP contribution in [0.4, 0.5) is 0 Å². The molecule has 0 bridgehead atoms. The van der Waals surface area contributed by atoms with E-state index in [4.69, 9.17) is 5.73 Å². The molecule has 0 aliphatic heterocycles. The zero-order chi connectivity index (χ0) is 9.26. The van der Waals surface area contributed by atoms with Gasteiger partial charge in [0.05, 0.1) is 11.0 Å². The molecule has 0 spiro atoms. The molecule has 4 nitrogen and oxygen atoms in total. The second-order valence-corrected chi connectivity index (χ2v) is 2.60. The molecule has 2 aromatic heterocycles. The lowest BCUT2D eigenvalue weighted by Gasteiger charge is -1.97. The first-order valence-electron chi connectivity index (χ1n) is 3.79. The fraction of sp³-hybridized carbons (Fsp3) is 0. The second kappa shape index (κ2) is 2.82.